The molecule has 0 amide bonds. The molecule has 124 valence electrons. The Morgan fingerprint density at radius 3 is 2.91 bits per heavy atom. The zero-order valence-electron chi connectivity index (χ0n) is 12.7. The number of nitrogens with two attached hydrogens (primary N) is 1. The van der Waals surface area contributed by atoms with Crippen molar-refractivity contribution in [1.82, 2.24) is 14.8 Å². The van der Waals surface area contributed by atoms with Crippen LogP contribution < -0.4 is 5.73 Å². The molecule has 1 saturated heterocycles. The predicted octanol–water partition coefficient (Wildman–Crippen LogP) is 1.42. The van der Waals surface area contributed by atoms with Gasteiger partial charge in [0.15, 0.2) is 5.16 Å². The summed E-state index contributed by atoms with van der Waals surface area (Å²) in [6.45, 7) is 2.23. The first-order valence-electron chi connectivity index (χ1n) is 7.51. The Morgan fingerprint density at radius 1 is 1.30 bits per heavy atom. The molecule has 1 fully saturated rings. The molecule has 0 spiro atoms. The second kappa shape index (κ2) is 7.87. The minimum atomic E-state index is -0.315. The fourth-order valence-electron chi connectivity index (χ4n) is 2.36. The van der Waals surface area contributed by atoms with Gasteiger partial charge in [0.1, 0.15) is 11.6 Å². The van der Waals surface area contributed by atoms with Gasteiger partial charge < -0.3 is 15.2 Å². The van der Waals surface area contributed by atoms with Crippen LogP contribution in [-0.2, 0) is 15.9 Å². The molecule has 0 saturated carbocycles. The molecular weight excluding hydrogens is 319 g/mol. The van der Waals surface area contributed by atoms with Gasteiger partial charge >= 0.3 is 0 Å². The number of aromatic nitrogens is 3. The van der Waals surface area contributed by atoms with E-state index < -0.39 is 0 Å². The first-order valence-corrected chi connectivity index (χ1v) is 8.49. The molecule has 1 aromatic carbocycles. The van der Waals surface area contributed by atoms with Gasteiger partial charge in [-0.2, -0.15) is 0 Å². The maximum absolute atomic E-state index is 14.2. The maximum Gasteiger partial charge on any atom is 0.196 e. The average Bonchev–Trinajstić information content (AvgIpc) is 2.97. The number of hydrogen-bond acceptors (Lipinski definition) is 6. The lowest BCUT2D eigenvalue weighted by molar-refractivity contribution is -0.0776. The van der Waals surface area contributed by atoms with Gasteiger partial charge in [-0.3, -0.25) is 4.57 Å². The second-order valence-corrected chi connectivity index (χ2v) is 6.09. The predicted molar refractivity (Wildman–Crippen MR) is 85.4 cm³/mol. The van der Waals surface area contributed by atoms with Crippen molar-refractivity contribution >= 4 is 11.8 Å². The molecule has 2 aromatic rings. The minimum absolute atomic E-state index is 0.0116. The Morgan fingerprint density at radius 2 is 2.17 bits per heavy atom. The summed E-state index contributed by atoms with van der Waals surface area (Å²) in [6.07, 6.45) is 0.544. The lowest BCUT2D eigenvalue weighted by Gasteiger charge is -2.22. The highest BCUT2D eigenvalue weighted by Gasteiger charge is 2.20. The summed E-state index contributed by atoms with van der Waals surface area (Å²) >= 11 is 1.48. The standard InChI is InChI=1S/C15H19FN4O2S/c16-12-3-1-2-4-13(12)20-14(5-6-17)18-19-15(20)23-10-11-9-21-7-8-22-11/h1-4,11H,5-10,17H2/t11-/m0/s1. The molecule has 0 bridgehead atoms. The highest BCUT2D eigenvalue weighted by Crippen LogP contribution is 2.25. The Balaban J connectivity index is 1.83. The largest absolute Gasteiger partial charge is 0.376 e. The molecule has 6 nitrogen and oxygen atoms in total. The number of ether oxygens (including phenoxy) is 2. The summed E-state index contributed by atoms with van der Waals surface area (Å²) < 4.78 is 26.9. The number of para-hydroxylation sites is 1. The van der Waals surface area contributed by atoms with Crippen LogP contribution in [0.5, 0.6) is 0 Å². The molecule has 0 radical (unpaired) electrons. The van der Waals surface area contributed by atoms with E-state index in [0.717, 1.165) is 0 Å². The number of nitrogens with zero attached hydrogens (tertiary/aromatic N) is 3. The lowest BCUT2D eigenvalue weighted by atomic mass is 10.3. The summed E-state index contributed by atoms with van der Waals surface area (Å²) in [4.78, 5) is 0. The van der Waals surface area contributed by atoms with Crippen molar-refractivity contribution in [3.8, 4) is 5.69 Å². The van der Waals surface area contributed by atoms with E-state index in [1.54, 1.807) is 22.8 Å². The van der Waals surface area contributed by atoms with Crippen LogP contribution in [0.25, 0.3) is 5.69 Å². The summed E-state index contributed by atoms with van der Waals surface area (Å²) in [6, 6.07) is 6.58. The third-order valence-electron chi connectivity index (χ3n) is 3.44. The second-order valence-electron chi connectivity index (χ2n) is 5.10. The van der Waals surface area contributed by atoms with Crippen molar-refractivity contribution < 1.29 is 13.9 Å². The number of halogens is 1. The van der Waals surface area contributed by atoms with E-state index in [-0.39, 0.29) is 11.9 Å². The number of hydrogen-bond donors (Lipinski definition) is 1. The first kappa shape index (κ1) is 16.4. The number of thioether (sulfide) groups is 1. The van der Waals surface area contributed by atoms with Gasteiger partial charge in [-0.05, 0) is 18.7 Å². The van der Waals surface area contributed by atoms with Crippen molar-refractivity contribution in [2.45, 2.75) is 17.7 Å². The zero-order valence-corrected chi connectivity index (χ0v) is 13.5. The van der Waals surface area contributed by atoms with Crippen LogP contribution in [0, 0.1) is 5.82 Å². The van der Waals surface area contributed by atoms with Crippen LogP contribution in [0.2, 0.25) is 0 Å². The smallest absolute Gasteiger partial charge is 0.196 e. The van der Waals surface area contributed by atoms with Crippen LogP contribution in [0.1, 0.15) is 5.82 Å². The van der Waals surface area contributed by atoms with E-state index in [4.69, 9.17) is 15.2 Å². The lowest BCUT2D eigenvalue weighted by Crippen LogP contribution is -2.30. The van der Waals surface area contributed by atoms with Crippen LogP contribution in [0.15, 0.2) is 29.4 Å². The van der Waals surface area contributed by atoms with Crippen LogP contribution in [0.3, 0.4) is 0 Å². The van der Waals surface area contributed by atoms with E-state index in [1.807, 2.05) is 0 Å². The molecule has 0 aliphatic carbocycles. The van der Waals surface area contributed by atoms with Gasteiger partial charge in [0.05, 0.1) is 31.6 Å². The minimum Gasteiger partial charge on any atom is -0.376 e. The quantitative estimate of drug-likeness (QED) is 0.803. The summed E-state index contributed by atoms with van der Waals surface area (Å²) in [5.74, 6) is 1.01. The maximum atomic E-state index is 14.2. The Labute approximate surface area is 138 Å². The fourth-order valence-corrected chi connectivity index (χ4v) is 3.32. The highest BCUT2D eigenvalue weighted by atomic mass is 32.2. The van der Waals surface area contributed by atoms with Gasteiger partial charge in [-0.15, -0.1) is 10.2 Å². The van der Waals surface area contributed by atoms with E-state index in [9.17, 15) is 4.39 Å². The first-order chi connectivity index (χ1) is 11.3. The molecule has 2 N–H and O–H groups in total. The topological polar surface area (TPSA) is 75.2 Å². The van der Waals surface area contributed by atoms with Crippen molar-refractivity contribution in [1.29, 1.82) is 0 Å². The summed E-state index contributed by atoms with van der Waals surface area (Å²) in [5.41, 5.74) is 6.06. The fraction of sp³-hybridized carbons (Fsp3) is 0.467. The third-order valence-corrected chi connectivity index (χ3v) is 4.51. The summed E-state index contributed by atoms with van der Waals surface area (Å²) in [7, 11) is 0. The molecule has 1 atom stereocenters. The van der Waals surface area contributed by atoms with Gasteiger partial charge in [-0.25, -0.2) is 4.39 Å². The number of rotatable bonds is 6. The number of benzene rings is 1. The Bertz CT molecular complexity index is 646. The van der Waals surface area contributed by atoms with Crippen molar-refractivity contribution in [2.75, 3.05) is 32.1 Å². The normalized spacial score (nSPS) is 18.3. The summed E-state index contributed by atoms with van der Waals surface area (Å²) in [5, 5.41) is 8.99. The Kier molecular flexibility index (Phi) is 5.60. The molecule has 0 unspecified atom stereocenters. The monoisotopic (exact) mass is 338 g/mol. The molecule has 1 aliphatic rings. The van der Waals surface area contributed by atoms with Gasteiger partial charge in [-0.1, -0.05) is 23.9 Å². The molecular formula is C15H19FN4O2S. The highest BCUT2D eigenvalue weighted by molar-refractivity contribution is 7.99. The van der Waals surface area contributed by atoms with Crippen molar-refractivity contribution in [2.24, 2.45) is 5.73 Å². The van der Waals surface area contributed by atoms with E-state index in [2.05, 4.69) is 10.2 Å². The van der Waals surface area contributed by atoms with Gasteiger partial charge in [0.25, 0.3) is 0 Å². The average molecular weight is 338 g/mol. The Hall–Kier alpha value is -1.48. The van der Waals surface area contributed by atoms with Crippen LogP contribution >= 0.6 is 11.8 Å². The van der Waals surface area contributed by atoms with Crippen LogP contribution in [-0.4, -0.2) is 53.0 Å². The third kappa shape index (κ3) is 3.89. The van der Waals surface area contributed by atoms with Crippen molar-refractivity contribution in [3.63, 3.8) is 0 Å². The molecule has 23 heavy (non-hydrogen) atoms. The molecule has 1 aromatic heterocycles. The van der Waals surface area contributed by atoms with E-state index >= 15 is 0 Å². The SMILES string of the molecule is NCCc1nnc(SC[C@@H]2COCCO2)n1-c1ccccc1F. The molecule has 1 aliphatic heterocycles. The van der Waals surface area contributed by atoms with Gasteiger partial charge in [0.2, 0.25) is 0 Å². The van der Waals surface area contributed by atoms with Crippen LogP contribution in [0.4, 0.5) is 4.39 Å². The van der Waals surface area contributed by atoms with Crippen molar-refractivity contribution in [3.05, 3.63) is 35.9 Å². The molecule has 3 rings (SSSR count). The molecule has 2 heterocycles. The van der Waals surface area contributed by atoms with E-state index in [1.165, 1.54) is 17.8 Å². The molecule has 8 heteroatoms. The zero-order chi connectivity index (χ0) is 16.1. The van der Waals surface area contributed by atoms with Gasteiger partial charge in [0, 0.05) is 12.2 Å². The van der Waals surface area contributed by atoms with E-state index in [0.29, 0.717) is 55.2 Å².